The summed E-state index contributed by atoms with van der Waals surface area (Å²) in [6, 6.07) is 0. The van der Waals surface area contributed by atoms with E-state index in [0.717, 1.165) is 18.5 Å². The molecule has 1 nitrogen and oxygen atoms in total. The van der Waals surface area contributed by atoms with Gasteiger partial charge in [0, 0.05) is 16.8 Å². The van der Waals surface area contributed by atoms with Gasteiger partial charge in [0.15, 0.2) is 0 Å². The average Bonchev–Trinajstić information content (AvgIpc) is 2.28. The van der Waals surface area contributed by atoms with Gasteiger partial charge in [-0.15, -0.1) is 0 Å². The van der Waals surface area contributed by atoms with Gasteiger partial charge in [0.1, 0.15) is 0 Å². The molecule has 84 valence electrons. The summed E-state index contributed by atoms with van der Waals surface area (Å²) in [6.07, 6.45) is 10.7. The summed E-state index contributed by atoms with van der Waals surface area (Å²) in [7, 11) is 0. The molecule has 1 heteroatoms. The molecule has 0 bridgehead atoms. The predicted molar refractivity (Wildman–Crippen MR) is 69.7 cm³/mol. The van der Waals surface area contributed by atoms with Crippen LogP contribution in [0.1, 0.15) is 26.7 Å². The van der Waals surface area contributed by atoms with Crippen molar-refractivity contribution in [2.24, 2.45) is 5.41 Å². The van der Waals surface area contributed by atoms with E-state index in [4.69, 9.17) is 0 Å². The molecule has 0 fully saturated rings. The van der Waals surface area contributed by atoms with E-state index in [-0.39, 0.29) is 5.41 Å². The quantitative estimate of drug-likeness (QED) is 0.734. The van der Waals surface area contributed by atoms with Gasteiger partial charge >= 0.3 is 0 Å². The molecule has 2 aliphatic rings. The van der Waals surface area contributed by atoms with Gasteiger partial charge in [0.25, 0.3) is 0 Å². The zero-order valence-electron chi connectivity index (χ0n) is 10.1. The molecule has 1 heterocycles. The number of allylic oxidation sites excluding steroid dienone is 6. The molecule has 0 aromatic carbocycles. The van der Waals surface area contributed by atoms with Crippen LogP contribution >= 0.6 is 0 Å². The highest BCUT2D eigenvalue weighted by Crippen LogP contribution is 2.45. The van der Waals surface area contributed by atoms with Crippen molar-refractivity contribution in [3.8, 4) is 0 Å². The van der Waals surface area contributed by atoms with Crippen molar-refractivity contribution in [2.45, 2.75) is 26.7 Å². The lowest BCUT2D eigenvalue weighted by atomic mass is 9.71. The maximum atomic E-state index is 3.92. The summed E-state index contributed by atoms with van der Waals surface area (Å²) in [4.78, 5) is 0. The topological polar surface area (TPSA) is 12.0 Å². The van der Waals surface area contributed by atoms with Crippen molar-refractivity contribution in [3.05, 3.63) is 60.0 Å². The van der Waals surface area contributed by atoms with Crippen LogP contribution in [0.15, 0.2) is 60.0 Å². The van der Waals surface area contributed by atoms with Gasteiger partial charge in [-0.25, -0.2) is 0 Å². The summed E-state index contributed by atoms with van der Waals surface area (Å²) >= 11 is 0. The lowest BCUT2D eigenvalue weighted by molar-refractivity contribution is 0.518. The Hall–Kier alpha value is -1.50. The van der Waals surface area contributed by atoms with E-state index in [1.54, 1.807) is 0 Å². The van der Waals surface area contributed by atoms with Gasteiger partial charge in [0.2, 0.25) is 0 Å². The number of rotatable bonds is 2. The zero-order chi connectivity index (χ0) is 11.8. The maximum absolute atomic E-state index is 3.92. The molecule has 0 amide bonds. The minimum Gasteiger partial charge on any atom is -0.355 e. The van der Waals surface area contributed by atoms with E-state index in [1.165, 1.54) is 16.8 Å². The van der Waals surface area contributed by atoms with Gasteiger partial charge in [-0.3, -0.25) is 0 Å². The molecule has 0 saturated heterocycles. The van der Waals surface area contributed by atoms with Gasteiger partial charge in [-0.1, -0.05) is 45.2 Å². The van der Waals surface area contributed by atoms with Crippen molar-refractivity contribution < 1.29 is 0 Å². The van der Waals surface area contributed by atoms with E-state index in [0.29, 0.717) is 0 Å². The third kappa shape index (κ3) is 1.47. The summed E-state index contributed by atoms with van der Waals surface area (Å²) in [5, 5.41) is 3.44. The van der Waals surface area contributed by atoms with Crippen molar-refractivity contribution in [3.63, 3.8) is 0 Å². The SMILES string of the molecule is C=CC1=C(C=C)C(C)(C)C2=CCCC=C2N1. The fourth-order valence-corrected chi connectivity index (χ4v) is 2.61. The van der Waals surface area contributed by atoms with Crippen molar-refractivity contribution in [2.75, 3.05) is 0 Å². The molecular formula is C15H19N. The highest BCUT2D eigenvalue weighted by Gasteiger charge is 2.34. The Balaban J connectivity index is 2.61. The maximum Gasteiger partial charge on any atom is 0.0419 e. The predicted octanol–water partition coefficient (Wildman–Crippen LogP) is 3.85. The van der Waals surface area contributed by atoms with Gasteiger partial charge < -0.3 is 5.32 Å². The number of hydrogen-bond acceptors (Lipinski definition) is 1. The first kappa shape index (κ1) is 11.0. The molecule has 16 heavy (non-hydrogen) atoms. The standard InChI is InChI=1S/C15H19N/c1-5-11-13(6-2)16-14-10-8-7-9-12(14)15(11,3)4/h5-6,9-10,16H,1-2,7-8H2,3-4H3. The van der Waals surface area contributed by atoms with Gasteiger partial charge in [-0.2, -0.15) is 0 Å². The Kier molecular flexibility index (Phi) is 2.63. The molecule has 0 aromatic heterocycles. The Morgan fingerprint density at radius 2 is 1.88 bits per heavy atom. The lowest BCUT2D eigenvalue weighted by Gasteiger charge is -2.39. The molecule has 1 N–H and O–H groups in total. The van der Waals surface area contributed by atoms with E-state index in [9.17, 15) is 0 Å². The van der Waals surface area contributed by atoms with Crippen molar-refractivity contribution >= 4 is 0 Å². The third-order valence-electron chi connectivity index (χ3n) is 3.47. The van der Waals surface area contributed by atoms with Crippen LogP contribution in [0.25, 0.3) is 0 Å². The number of hydrogen-bond donors (Lipinski definition) is 1. The molecule has 1 aliphatic carbocycles. The van der Waals surface area contributed by atoms with Crippen LogP contribution in [-0.4, -0.2) is 0 Å². The summed E-state index contributed by atoms with van der Waals surface area (Å²) in [6.45, 7) is 12.3. The third-order valence-corrected chi connectivity index (χ3v) is 3.47. The Bertz CT molecular complexity index is 430. The molecule has 0 aromatic rings. The van der Waals surface area contributed by atoms with Crippen molar-refractivity contribution in [1.82, 2.24) is 5.32 Å². The number of fused-ring (bicyclic) bond motifs is 1. The first-order valence-electron chi connectivity index (χ1n) is 5.79. The monoisotopic (exact) mass is 213 g/mol. The van der Waals surface area contributed by atoms with Crippen LogP contribution in [0.3, 0.4) is 0 Å². The Morgan fingerprint density at radius 1 is 1.19 bits per heavy atom. The van der Waals surface area contributed by atoms with Crippen LogP contribution in [0.5, 0.6) is 0 Å². The molecule has 0 radical (unpaired) electrons. The van der Waals surface area contributed by atoms with Crippen LogP contribution in [0, 0.1) is 5.41 Å². The van der Waals surface area contributed by atoms with E-state index >= 15 is 0 Å². The highest BCUT2D eigenvalue weighted by molar-refractivity contribution is 5.54. The molecule has 0 atom stereocenters. The number of nitrogens with one attached hydrogen (secondary N) is 1. The molecular weight excluding hydrogens is 194 g/mol. The van der Waals surface area contributed by atoms with Gasteiger partial charge in [0.05, 0.1) is 0 Å². The molecule has 0 spiro atoms. The summed E-state index contributed by atoms with van der Waals surface area (Å²) in [5.74, 6) is 0. The van der Waals surface area contributed by atoms with E-state index in [2.05, 4.69) is 44.5 Å². The normalized spacial score (nSPS) is 22.6. The van der Waals surface area contributed by atoms with E-state index in [1.807, 2.05) is 12.2 Å². The molecule has 0 unspecified atom stereocenters. The summed E-state index contributed by atoms with van der Waals surface area (Å²) in [5.41, 5.74) is 4.98. The zero-order valence-corrected chi connectivity index (χ0v) is 10.1. The Labute approximate surface area is 97.9 Å². The van der Waals surface area contributed by atoms with Crippen LogP contribution in [0.4, 0.5) is 0 Å². The Morgan fingerprint density at radius 3 is 2.50 bits per heavy atom. The second-order valence-corrected chi connectivity index (χ2v) is 4.80. The molecule has 2 rings (SSSR count). The first-order valence-corrected chi connectivity index (χ1v) is 5.79. The van der Waals surface area contributed by atoms with Crippen molar-refractivity contribution in [1.29, 1.82) is 0 Å². The first-order chi connectivity index (χ1) is 7.61. The second kappa shape index (κ2) is 3.82. The minimum atomic E-state index is 0.0305. The largest absolute Gasteiger partial charge is 0.355 e. The fourth-order valence-electron chi connectivity index (χ4n) is 2.61. The van der Waals surface area contributed by atoms with Crippen LogP contribution in [-0.2, 0) is 0 Å². The fraction of sp³-hybridized carbons (Fsp3) is 0.333. The lowest BCUT2D eigenvalue weighted by Crippen LogP contribution is -2.33. The minimum absolute atomic E-state index is 0.0305. The average molecular weight is 213 g/mol. The molecule has 1 aliphatic heterocycles. The van der Waals surface area contributed by atoms with Crippen LogP contribution < -0.4 is 5.32 Å². The second-order valence-electron chi connectivity index (χ2n) is 4.80. The van der Waals surface area contributed by atoms with Crippen LogP contribution in [0.2, 0.25) is 0 Å². The smallest absolute Gasteiger partial charge is 0.0419 e. The van der Waals surface area contributed by atoms with Gasteiger partial charge in [-0.05, 0) is 30.1 Å². The van der Waals surface area contributed by atoms with E-state index < -0.39 is 0 Å². The highest BCUT2D eigenvalue weighted by atomic mass is 14.9. The molecule has 0 saturated carbocycles. The summed E-state index contributed by atoms with van der Waals surface area (Å²) < 4.78 is 0.